The molecule has 0 spiro atoms. The van der Waals surface area contributed by atoms with E-state index in [0.717, 1.165) is 13.0 Å². The van der Waals surface area contributed by atoms with Gasteiger partial charge in [-0.15, -0.1) is 0 Å². The molecule has 1 fully saturated rings. The lowest BCUT2D eigenvalue weighted by molar-refractivity contribution is 0.371. The first kappa shape index (κ1) is 11.9. The predicted octanol–water partition coefficient (Wildman–Crippen LogP) is 0.420. The molecular weight excluding hydrogens is 220 g/mol. The summed E-state index contributed by atoms with van der Waals surface area (Å²) in [7, 11) is 3.15. The Hall–Kier alpha value is -1.56. The van der Waals surface area contributed by atoms with Crippen molar-refractivity contribution >= 4 is 5.95 Å². The van der Waals surface area contributed by atoms with Crippen LogP contribution in [0.2, 0.25) is 0 Å². The maximum Gasteiger partial charge on any atom is 0.232 e. The van der Waals surface area contributed by atoms with Crippen LogP contribution in [-0.4, -0.2) is 42.8 Å². The van der Waals surface area contributed by atoms with E-state index in [1.807, 2.05) is 0 Å². The van der Waals surface area contributed by atoms with Crippen LogP contribution in [-0.2, 0) is 0 Å². The maximum atomic E-state index is 5.99. The van der Waals surface area contributed by atoms with Gasteiger partial charge in [0.2, 0.25) is 17.7 Å². The second-order valence-electron chi connectivity index (χ2n) is 4.14. The molecule has 0 saturated carbocycles. The van der Waals surface area contributed by atoms with E-state index in [1.54, 1.807) is 20.3 Å². The molecule has 6 heteroatoms. The Kier molecular flexibility index (Phi) is 3.33. The van der Waals surface area contributed by atoms with E-state index < -0.39 is 0 Å². The molecule has 0 aliphatic carbocycles. The predicted molar refractivity (Wildman–Crippen MR) is 64.5 cm³/mol. The van der Waals surface area contributed by atoms with Gasteiger partial charge in [-0.05, 0) is 13.3 Å². The molecule has 6 nitrogen and oxygen atoms in total. The summed E-state index contributed by atoms with van der Waals surface area (Å²) in [6, 6.07) is 2.05. The number of hydrogen-bond donors (Lipinski definition) is 1. The number of nitrogens with zero attached hydrogens (tertiary/aromatic N) is 3. The summed E-state index contributed by atoms with van der Waals surface area (Å²) in [5.74, 6) is 1.61. The highest BCUT2D eigenvalue weighted by molar-refractivity contribution is 5.39. The third-order valence-corrected chi connectivity index (χ3v) is 3.16. The number of rotatable bonds is 3. The molecule has 2 heterocycles. The number of ether oxygens (including phenoxy) is 2. The Labute approximate surface area is 101 Å². The fourth-order valence-corrected chi connectivity index (χ4v) is 1.98. The van der Waals surface area contributed by atoms with Crippen LogP contribution >= 0.6 is 0 Å². The largest absolute Gasteiger partial charge is 0.481 e. The summed E-state index contributed by atoms with van der Waals surface area (Å²) in [4.78, 5) is 10.7. The van der Waals surface area contributed by atoms with Crippen molar-refractivity contribution in [2.75, 3.05) is 25.7 Å². The number of methoxy groups -OCH3 is 2. The molecule has 2 unspecified atom stereocenters. The number of hydrogen-bond acceptors (Lipinski definition) is 6. The second kappa shape index (κ2) is 4.75. The molecule has 1 aromatic rings. The molecule has 1 saturated heterocycles. The van der Waals surface area contributed by atoms with E-state index in [0.29, 0.717) is 17.7 Å². The monoisotopic (exact) mass is 238 g/mol. The first-order valence-electron chi connectivity index (χ1n) is 5.65. The van der Waals surface area contributed by atoms with Crippen LogP contribution in [0.25, 0.3) is 0 Å². The average Bonchev–Trinajstić information content (AvgIpc) is 2.69. The first-order valence-corrected chi connectivity index (χ1v) is 5.65. The van der Waals surface area contributed by atoms with E-state index in [9.17, 15) is 0 Å². The summed E-state index contributed by atoms with van der Waals surface area (Å²) in [6.45, 7) is 2.94. The van der Waals surface area contributed by atoms with Gasteiger partial charge in [0.15, 0.2) is 0 Å². The smallest absolute Gasteiger partial charge is 0.232 e. The van der Waals surface area contributed by atoms with Gasteiger partial charge < -0.3 is 20.1 Å². The topological polar surface area (TPSA) is 73.5 Å². The van der Waals surface area contributed by atoms with Crippen molar-refractivity contribution in [2.45, 2.75) is 25.4 Å². The molecule has 2 atom stereocenters. The molecule has 1 aliphatic heterocycles. The van der Waals surface area contributed by atoms with Crippen LogP contribution in [0.1, 0.15) is 13.3 Å². The molecule has 2 rings (SSSR count). The van der Waals surface area contributed by atoms with Gasteiger partial charge in [-0.1, -0.05) is 0 Å². The fourth-order valence-electron chi connectivity index (χ4n) is 1.98. The molecule has 1 aliphatic rings. The molecule has 94 valence electrons. The lowest BCUT2D eigenvalue weighted by Gasteiger charge is -2.23. The van der Waals surface area contributed by atoms with Gasteiger partial charge in [0, 0.05) is 18.6 Å². The lowest BCUT2D eigenvalue weighted by Crippen LogP contribution is -2.37. The van der Waals surface area contributed by atoms with Gasteiger partial charge in [-0.25, -0.2) is 0 Å². The van der Waals surface area contributed by atoms with Crippen LogP contribution in [0, 0.1) is 0 Å². The summed E-state index contributed by atoms with van der Waals surface area (Å²) >= 11 is 0. The number of anilines is 1. The van der Waals surface area contributed by atoms with Crippen LogP contribution in [0.5, 0.6) is 11.8 Å². The van der Waals surface area contributed by atoms with Crippen molar-refractivity contribution in [3.05, 3.63) is 6.07 Å². The molecule has 0 amide bonds. The molecule has 2 N–H and O–H groups in total. The van der Waals surface area contributed by atoms with Gasteiger partial charge >= 0.3 is 0 Å². The molecule has 1 aromatic heterocycles. The van der Waals surface area contributed by atoms with Crippen LogP contribution < -0.4 is 20.1 Å². The number of aromatic nitrogens is 2. The first-order chi connectivity index (χ1) is 8.15. The van der Waals surface area contributed by atoms with Crippen molar-refractivity contribution in [1.29, 1.82) is 0 Å². The highest BCUT2D eigenvalue weighted by atomic mass is 16.5. The average molecular weight is 238 g/mol. The van der Waals surface area contributed by atoms with Crippen molar-refractivity contribution in [1.82, 2.24) is 9.97 Å². The molecule has 0 bridgehead atoms. The normalized spacial score (nSPS) is 23.9. The van der Waals surface area contributed by atoms with Gasteiger partial charge in [0.25, 0.3) is 0 Å². The minimum Gasteiger partial charge on any atom is -0.481 e. The van der Waals surface area contributed by atoms with E-state index in [2.05, 4.69) is 21.8 Å². The Bertz CT molecular complexity index is 377. The summed E-state index contributed by atoms with van der Waals surface area (Å²) in [5.41, 5.74) is 5.99. The Morgan fingerprint density at radius 2 is 1.88 bits per heavy atom. The van der Waals surface area contributed by atoms with E-state index in [-0.39, 0.29) is 12.1 Å². The zero-order chi connectivity index (χ0) is 12.4. The Morgan fingerprint density at radius 3 is 2.29 bits per heavy atom. The van der Waals surface area contributed by atoms with E-state index >= 15 is 0 Å². The highest BCUT2D eigenvalue weighted by Crippen LogP contribution is 2.25. The van der Waals surface area contributed by atoms with Gasteiger partial charge in [-0.3, -0.25) is 0 Å². The molecule has 0 aromatic carbocycles. The summed E-state index contributed by atoms with van der Waals surface area (Å²) in [5, 5.41) is 0. The Morgan fingerprint density at radius 1 is 1.29 bits per heavy atom. The molecule has 0 radical (unpaired) electrons. The number of nitrogens with two attached hydrogens (primary N) is 1. The maximum absolute atomic E-state index is 5.99. The van der Waals surface area contributed by atoms with Crippen LogP contribution in [0.15, 0.2) is 6.07 Å². The van der Waals surface area contributed by atoms with Crippen LogP contribution in [0.3, 0.4) is 0 Å². The van der Waals surface area contributed by atoms with Gasteiger partial charge in [-0.2, -0.15) is 9.97 Å². The minimum atomic E-state index is 0.163. The van der Waals surface area contributed by atoms with Crippen molar-refractivity contribution in [2.24, 2.45) is 5.73 Å². The zero-order valence-electron chi connectivity index (χ0n) is 10.4. The molecule has 17 heavy (non-hydrogen) atoms. The third-order valence-electron chi connectivity index (χ3n) is 3.16. The third kappa shape index (κ3) is 2.26. The van der Waals surface area contributed by atoms with Crippen molar-refractivity contribution in [3.8, 4) is 11.8 Å². The molecular formula is C11H18N4O2. The van der Waals surface area contributed by atoms with Gasteiger partial charge in [0.1, 0.15) is 0 Å². The minimum absolute atomic E-state index is 0.163. The SMILES string of the molecule is COc1cc(OC)nc(N2CCC(N)C2C)n1. The quantitative estimate of drug-likeness (QED) is 0.822. The Balaban J connectivity index is 2.31. The van der Waals surface area contributed by atoms with Crippen molar-refractivity contribution in [3.63, 3.8) is 0 Å². The van der Waals surface area contributed by atoms with Crippen molar-refractivity contribution < 1.29 is 9.47 Å². The summed E-state index contributed by atoms with van der Waals surface area (Å²) in [6.07, 6.45) is 0.948. The second-order valence-corrected chi connectivity index (χ2v) is 4.14. The lowest BCUT2D eigenvalue weighted by atomic mass is 10.2. The van der Waals surface area contributed by atoms with Gasteiger partial charge in [0.05, 0.1) is 20.3 Å². The van der Waals surface area contributed by atoms with Crippen LogP contribution in [0.4, 0.5) is 5.95 Å². The zero-order valence-corrected chi connectivity index (χ0v) is 10.4. The standard InChI is InChI=1S/C11H18N4O2/c1-7-8(12)4-5-15(7)11-13-9(16-2)6-10(14-11)17-3/h6-8H,4-5,12H2,1-3H3. The van der Waals surface area contributed by atoms with E-state index in [1.165, 1.54) is 0 Å². The van der Waals surface area contributed by atoms with E-state index in [4.69, 9.17) is 15.2 Å². The summed E-state index contributed by atoms with van der Waals surface area (Å²) < 4.78 is 10.3. The highest BCUT2D eigenvalue weighted by Gasteiger charge is 2.30. The fraction of sp³-hybridized carbons (Fsp3) is 0.636.